The van der Waals surface area contributed by atoms with Crippen LogP contribution in [-0.2, 0) is 13.9 Å². The maximum absolute atomic E-state index is 12.5. The monoisotopic (exact) mass is 617 g/mol. The Morgan fingerprint density at radius 2 is 1.07 bits per heavy atom. The molecule has 0 aromatic rings. The average molecular weight is 618 g/mol. The summed E-state index contributed by atoms with van der Waals surface area (Å²) in [5, 5.41) is 13.4. The van der Waals surface area contributed by atoms with Crippen molar-refractivity contribution in [2.45, 2.75) is 193 Å². The SMILES string of the molecule is CCCCCCCC/C=C\CCCCCCCC(=O)N[C@@H](COP(=O)(O)O)[C@H](O)CCCCCCCCCCCCC. The molecule has 0 heterocycles. The van der Waals surface area contributed by atoms with Crippen LogP contribution in [-0.4, -0.2) is 39.6 Å². The molecule has 1 amide bonds. The number of phosphoric ester groups is 1. The lowest BCUT2D eigenvalue weighted by Gasteiger charge is -2.24. The van der Waals surface area contributed by atoms with Crippen molar-refractivity contribution in [2.75, 3.05) is 6.61 Å². The topological polar surface area (TPSA) is 116 Å². The zero-order chi connectivity index (χ0) is 31.2. The van der Waals surface area contributed by atoms with Crippen LogP contribution in [0.4, 0.5) is 0 Å². The Hall–Kier alpha value is -0.720. The Labute approximate surface area is 259 Å². The van der Waals surface area contributed by atoms with Crippen LogP contribution in [0.3, 0.4) is 0 Å². The summed E-state index contributed by atoms with van der Waals surface area (Å²) < 4.78 is 15.8. The van der Waals surface area contributed by atoms with Gasteiger partial charge in [0.25, 0.3) is 0 Å². The van der Waals surface area contributed by atoms with Crippen LogP contribution in [0, 0.1) is 0 Å². The predicted molar refractivity (Wildman–Crippen MR) is 176 cm³/mol. The number of allylic oxidation sites excluding steroid dienone is 2. The van der Waals surface area contributed by atoms with Crippen LogP contribution < -0.4 is 5.32 Å². The first-order chi connectivity index (χ1) is 20.3. The standard InChI is InChI=1S/C34H68NO6P/c1-3-5-7-9-11-13-15-16-17-18-20-22-24-26-28-30-34(37)35-32(31-41-42(38,39)40)33(36)29-27-25-23-21-19-14-12-10-8-6-4-2/h16-17,32-33,36H,3-15,18-31H2,1-2H3,(H,35,37)(H2,38,39,40)/b17-16-/t32-,33+/m0/s1. The van der Waals surface area contributed by atoms with E-state index in [2.05, 4.69) is 35.8 Å². The molecular weight excluding hydrogens is 549 g/mol. The largest absolute Gasteiger partial charge is 0.469 e. The van der Waals surface area contributed by atoms with Gasteiger partial charge in [0.2, 0.25) is 5.91 Å². The summed E-state index contributed by atoms with van der Waals surface area (Å²) in [5.41, 5.74) is 0. The van der Waals surface area contributed by atoms with Gasteiger partial charge >= 0.3 is 7.82 Å². The van der Waals surface area contributed by atoms with E-state index >= 15 is 0 Å². The Kier molecular flexibility index (Phi) is 29.8. The lowest BCUT2D eigenvalue weighted by molar-refractivity contribution is -0.123. The summed E-state index contributed by atoms with van der Waals surface area (Å²) in [5.74, 6) is -0.204. The molecule has 0 radical (unpaired) electrons. The highest BCUT2D eigenvalue weighted by Crippen LogP contribution is 2.36. The van der Waals surface area contributed by atoms with Gasteiger partial charge in [-0.2, -0.15) is 0 Å². The maximum Gasteiger partial charge on any atom is 0.469 e. The van der Waals surface area contributed by atoms with Gasteiger partial charge in [-0.1, -0.05) is 148 Å². The Bertz CT molecular complexity index is 668. The highest BCUT2D eigenvalue weighted by atomic mass is 31.2. The third-order valence-corrected chi connectivity index (χ3v) is 8.49. The predicted octanol–water partition coefficient (Wildman–Crippen LogP) is 9.68. The normalized spacial score (nSPS) is 13.5. The van der Waals surface area contributed by atoms with Crippen LogP contribution in [0.5, 0.6) is 0 Å². The van der Waals surface area contributed by atoms with Crippen LogP contribution in [0.15, 0.2) is 12.2 Å². The Morgan fingerprint density at radius 3 is 1.52 bits per heavy atom. The third-order valence-electron chi connectivity index (χ3n) is 8.00. The molecule has 0 saturated carbocycles. The molecule has 8 heteroatoms. The molecule has 250 valence electrons. The van der Waals surface area contributed by atoms with Crippen LogP contribution in [0.25, 0.3) is 0 Å². The quantitative estimate of drug-likeness (QED) is 0.0339. The molecule has 0 bridgehead atoms. The summed E-state index contributed by atoms with van der Waals surface area (Å²) in [7, 11) is -4.68. The van der Waals surface area contributed by atoms with Gasteiger partial charge in [-0.3, -0.25) is 9.32 Å². The first kappa shape index (κ1) is 41.3. The number of amides is 1. The van der Waals surface area contributed by atoms with Gasteiger partial charge in [-0.15, -0.1) is 0 Å². The number of aliphatic hydroxyl groups is 1. The van der Waals surface area contributed by atoms with E-state index in [0.717, 1.165) is 51.4 Å². The summed E-state index contributed by atoms with van der Waals surface area (Å²) in [6.07, 6.45) is 33.3. The first-order valence-corrected chi connectivity index (χ1v) is 19.2. The number of phosphoric acid groups is 1. The molecule has 7 nitrogen and oxygen atoms in total. The van der Waals surface area contributed by atoms with E-state index in [1.807, 2.05) is 0 Å². The molecule has 0 aromatic heterocycles. The van der Waals surface area contributed by atoms with E-state index in [4.69, 9.17) is 9.79 Å². The fourth-order valence-corrected chi connectivity index (χ4v) is 5.64. The summed E-state index contributed by atoms with van der Waals surface area (Å²) >= 11 is 0. The zero-order valence-corrected chi connectivity index (χ0v) is 28.3. The fraction of sp³-hybridized carbons (Fsp3) is 0.912. The molecule has 0 spiro atoms. The molecule has 0 unspecified atom stereocenters. The zero-order valence-electron chi connectivity index (χ0n) is 27.4. The molecule has 0 rings (SSSR count). The van der Waals surface area contributed by atoms with Crippen LogP contribution in [0.2, 0.25) is 0 Å². The van der Waals surface area contributed by atoms with Crippen molar-refractivity contribution in [2.24, 2.45) is 0 Å². The molecule has 4 N–H and O–H groups in total. The van der Waals surface area contributed by atoms with Crippen molar-refractivity contribution in [1.82, 2.24) is 5.32 Å². The second-order valence-electron chi connectivity index (χ2n) is 12.2. The number of rotatable bonds is 32. The van der Waals surface area contributed by atoms with Crippen LogP contribution in [0.1, 0.15) is 181 Å². The van der Waals surface area contributed by atoms with E-state index in [0.29, 0.717) is 12.8 Å². The van der Waals surface area contributed by atoms with Gasteiger partial charge < -0.3 is 20.2 Å². The minimum absolute atomic E-state index is 0.204. The first-order valence-electron chi connectivity index (χ1n) is 17.6. The van der Waals surface area contributed by atoms with Crippen LogP contribution >= 0.6 is 7.82 Å². The van der Waals surface area contributed by atoms with Crippen molar-refractivity contribution in [3.05, 3.63) is 12.2 Å². The van der Waals surface area contributed by atoms with E-state index in [1.54, 1.807) is 0 Å². The lowest BCUT2D eigenvalue weighted by Crippen LogP contribution is -2.46. The van der Waals surface area contributed by atoms with Crippen molar-refractivity contribution in [3.8, 4) is 0 Å². The fourth-order valence-electron chi connectivity index (χ4n) is 5.28. The molecule has 0 aromatic carbocycles. The van der Waals surface area contributed by atoms with Gasteiger partial charge in [0.15, 0.2) is 0 Å². The Balaban J connectivity index is 4.01. The number of carbonyl (C=O) groups is 1. The molecular formula is C34H68NO6P. The van der Waals surface area contributed by atoms with Crippen molar-refractivity contribution >= 4 is 13.7 Å². The van der Waals surface area contributed by atoms with Gasteiger partial charge in [0, 0.05) is 6.42 Å². The minimum Gasteiger partial charge on any atom is -0.391 e. The molecule has 0 aliphatic carbocycles. The smallest absolute Gasteiger partial charge is 0.391 e. The van der Waals surface area contributed by atoms with Crippen molar-refractivity contribution in [3.63, 3.8) is 0 Å². The summed E-state index contributed by atoms with van der Waals surface area (Å²) in [4.78, 5) is 30.7. The summed E-state index contributed by atoms with van der Waals surface area (Å²) in [6.45, 7) is 4.08. The molecule has 0 aliphatic rings. The molecule has 2 atom stereocenters. The number of nitrogens with one attached hydrogen (secondary N) is 1. The molecule has 0 fully saturated rings. The van der Waals surface area contributed by atoms with E-state index in [9.17, 15) is 14.5 Å². The minimum atomic E-state index is -4.68. The number of unbranched alkanes of at least 4 members (excludes halogenated alkanes) is 21. The number of aliphatic hydroxyl groups excluding tert-OH is 1. The second-order valence-corrected chi connectivity index (χ2v) is 13.4. The average Bonchev–Trinajstić information content (AvgIpc) is 2.95. The second kappa shape index (κ2) is 30.3. The maximum atomic E-state index is 12.5. The lowest BCUT2D eigenvalue weighted by atomic mass is 10.0. The number of hydrogen-bond donors (Lipinski definition) is 4. The van der Waals surface area contributed by atoms with Gasteiger partial charge in [0.1, 0.15) is 0 Å². The van der Waals surface area contributed by atoms with E-state index in [1.165, 1.54) is 103 Å². The van der Waals surface area contributed by atoms with Gasteiger partial charge in [-0.25, -0.2) is 4.57 Å². The summed E-state index contributed by atoms with van der Waals surface area (Å²) in [6, 6.07) is -0.823. The molecule has 0 saturated heterocycles. The highest BCUT2D eigenvalue weighted by molar-refractivity contribution is 7.46. The number of hydrogen-bond acceptors (Lipinski definition) is 4. The van der Waals surface area contributed by atoms with E-state index in [-0.39, 0.29) is 5.91 Å². The van der Waals surface area contributed by atoms with E-state index < -0.39 is 26.6 Å². The van der Waals surface area contributed by atoms with Gasteiger partial charge in [-0.05, 0) is 38.5 Å². The Morgan fingerprint density at radius 1 is 0.667 bits per heavy atom. The third kappa shape index (κ3) is 30.7. The highest BCUT2D eigenvalue weighted by Gasteiger charge is 2.25. The molecule has 42 heavy (non-hydrogen) atoms. The molecule has 0 aliphatic heterocycles. The number of carbonyl (C=O) groups excluding carboxylic acids is 1. The van der Waals surface area contributed by atoms with Crippen molar-refractivity contribution < 1.29 is 28.8 Å². The van der Waals surface area contributed by atoms with Gasteiger partial charge in [0.05, 0.1) is 18.8 Å². The van der Waals surface area contributed by atoms with Crippen molar-refractivity contribution in [1.29, 1.82) is 0 Å².